The molecule has 0 aliphatic rings. The highest BCUT2D eigenvalue weighted by Crippen LogP contribution is 2.09. The molecule has 0 aliphatic carbocycles. The van der Waals surface area contributed by atoms with Gasteiger partial charge in [0.25, 0.3) is 0 Å². The number of aromatic nitrogens is 2. The summed E-state index contributed by atoms with van der Waals surface area (Å²) in [4.78, 5) is 8.75. The predicted molar refractivity (Wildman–Crippen MR) is 80.7 cm³/mol. The van der Waals surface area contributed by atoms with E-state index >= 15 is 0 Å². The largest absolute Gasteiger partial charge is 0.392 e. The van der Waals surface area contributed by atoms with Gasteiger partial charge >= 0.3 is 0 Å². The summed E-state index contributed by atoms with van der Waals surface area (Å²) in [6.07, 6.45) is 1.84. The van der Waals surface area contributed by atoms with E-state index in [4.69, 9.17) is 5.11 Å². The van der Waals surface area contributed by atoms with Crippen LogP contribution in [0.5, 0.6) is 0 Å². The molecule has 0 saturated heterocycles. The molecule has 2 aromatic rings. The van der Waals surface area contributed by atoms with Gasteiger partial charge in [0.15, 0.2) is 0 Å². The highest BCUT2D eigenvalue weighted by molar-refractivity contribution is 5.36. The van der Waals surface area contributed by atoms with Gasteiger partial charge in [-0.3, -0.25) is 0 Å². The van der Waals surface area contributed by atoms with Gasteiger partial charge in [-0.1, -0.05) is 31.2 Å². The summed E-state index contributed by atoms with van der Waals surface area (Å²) in [6, 6.07) is 10.0. The second-order valence-corrected chi connectivity index (χ2v) is 4.80. The number of rotatable bonds is 6. The lowest BCUT2D eigenvalue weighted by molar-refractivity contribution is 0.282. The molecule has 2 rings (SSSR count). The third-order valence-corrected chi connectivity index (χ3v) is 3.18. The maximum Gasteiger partial charge on any atom is 0.129 e. The zero-order valence-electron chi connectivity index (χ0n) is 12.1. The van der Waals surface area contributed by atoms with E-state index in [0.717, 1.165) is 42.3 Å². The number of hydrogen-bond donors (Lipinski definition) is 2. The van der Waals surface area contributed by atoms with Crippen LogP contribution in [0.25, 0.3) is 0 Å². The minimum Gasteiger partial charge on any atom is -0.392 e. The monoisotopic (exact) mass is 271 g/mol. The van der Waals surface area contributed by atoms with Gasteiger partial charge in [-0.2, -0.15) is 0 Å². The van der Waals surface area contributed by atoms with Crippen molar-refractivity contribution in [1.29, 1.82) is 0 Å². The first-order chi connectivity index (χ1) is 9.71. The van der Waals surface area contributed by atoms with E-state index in [-0.39, 0.29) is 6.61 Å². The summed E-state index contributed by atoms with van der Waals surface area (Å²) < 4.78 is 0. The summed E-state index contributed by atoms with van der Waals surface area (Å²) >= 11 is 0. The van der Waals surface area contributed by atoms with Crippen LogP contribution in [0.3, 0.4) is 0 Å². The smallest absolute Gasteiger partial charge is 0.129 e. The molecule has 20 heavy (non-hydrogen) atoms. The number of hydrogen-bond acceptors (Lipinski definition) is 4. The molecule has 0 atom stereocenters. The van der Waals surface area contributed by atoms with E-state index < -0.39 is 0 Å². The van der Waals surface area contributed by atoms with Crippen LogP contribution >= 0.6 is 0 Å². The number of nitrogens with zero attached hydrogens (tertiary/aromatic N) is 2. The fourth-order valence-corrected chi connectivity index (χ4v) is 2.05. The van der Waals surface area contributed by atoms with Crippen molar-refractivity contribution in [3.8, 4) is 0 Å². The van der Waals surface area contributed by atoms with Gasteiger partial charge in [-0.15, -0.1) is 0 Å². The van der Waals surface area contributed by atoms with Crippen LogP contribution in [-0.4, -0.2) is 21.6 Å². The molecule has 0 aliphatic heterocycles. The Balaban J connectivity index is 1.90. The van der Waals surface area contributed by atoms with Gasteiger partial charge < -0.3 is 10.4 Å². The topological polar surface area (TPSA) is 58.0 Å². The van der Waals surface area contributed by atoms with E-state index in [1.54, 1.807) is 0 Å². The van der Waals surface area contributed by atoms with E-state index in [9.17, 15) is 0 Å². The standard InChI is InChI=1S/C16H21N3O/c1-3-15-10-16(19-12(2)18-15)17-9-8-13-4-6-14(11-20)7-5-13/h4-7,10,20H,3,8-9,11H2,1-2H3,(H,17,18,19). The van der Waals surface area contributed by atoms with E-state index in [1.807, 2.05) is 25.1 Å². The highest BCUT2D eigenvalue weighted by Gasteiger charge is 2.00. The van der Waals surface area contributed by atoms with Gasteiger partial charge in [-0.05, 0) is 30.9 Å². The molecular formula is C16H21N3O. The average Bonchev–Trinajstić information content (AvgIpc) is 2.47. The molecule has 4 nitrogen and oxygen atoms in total. The Morgan fingerprint density at radius 1 is 1.10 bits per heavy atom. The van der Waals surface area contributed by atoms with Gasteiger partial charge in [0.05, 0.1) is 6.61 Å². The van der Waals surface area contributed by atoms with Gasteiger partial charge in [0, 0.05) is 18.3 Å². The van der Waals surface area contributed by atoms with Crippen molar-refractivity contribution < 1.29 is 5.11 Å². The Hall–Kier alpha value is -1.94. The molecule has 106 valence electrons. The Bertz CT molecular complexity index is 552. The fourth-order valence-electron chi connectivity index (χ4n) is 2.05. The average molecular weight is 271 g/mol. The normalized spacial score (nSPS) is 10.6. The van der Waals surface area contributed by atoms with Crippen molar-refractivity contribution in [2.24, 2.45) is 0 Å². The van der Waals surface area contributed by atoms with Crippen LogP contribution < -0.4 is 5.32 Å². The molecule has 0 spiro atoms. The van der Waals surface area contributed by atoms with Crippen molar-refractivity contribution in [1.82, 2.24) is 9.97 Å². The van der Waals surface area contributed by atoms with Crippen LogP contribution in [0.4, 0.5) is 5.82 Å². The van der Waals surface area contributed by atoms with Crippen molar-refractivity contribution in [2.75, 3.05) is 11.9 Å². The molecule has 0 bridgehead atoms. The van der Waals surface area contributed by atoms with Crippen LogP contribution in [0.1, 0.15) is 29.6 Å². The molecule has 2 N–H and O–H groups in total. The Kier molecular flexibility index (Phi) is 5.07. The zero-order chi connectivity index (χ0) is 14.4. The second kappa shape index (κ2) is 7.01. The van der Waals surface area contributed by atoms with E-state index in [1.165, 1.54) is 5.56 Å². The number of aliphatic hydroxyl groups is 1. The van der Waals surface area contributed by atoms with Crippen molar-refractivity contribution >= 4 is 5.82 Å². The summed E-state index contributed by atoms with van der Waals surface area (Å²) in [6.45, 7) is 4.93. The first kappa shape index (κ1) is 14.5. The summed E-state index contributed by atoms with van der Waals surface area (Å²) in [5.41, 5.74) is 3.25. The second-order valence-electron chi connectivity index (χ2n) is 4.80. The van der Waals surface area contributed by atoms with E-state index in [2.05, 4.69) is 34.3 Å². The molecule has 1 aromatic carbocycles. The minimum atomic E-state index is 0.0958. The van der Waals surface area contributed by atoms with Crippen molar-refractivity contribution in [3.05, 3.63) is 53.0 Å². The van der Waals surface area contributed by atoms with Gasteiger partial charge in [-0.25, -0.2) is 9.97 Å². The minimum absolute atomic E-state index is 0.0958. The Morgan fingerprint density at radius 3 is 2.45 bits per heavy atom. The van der Waals surface area contributed by atoms with Gasteiger partial charge in [0.2, 0.25) is 0 Å². The lowest BCUT2D eigenvalue weighted by atomic mass is 10.1. The van der Waals surface area contributed by atoms with Gasteiger partial charge in [0.1, 0.15) is 11.6 Å². The van der Waals surface area contributed by atoms with Crippen LogP contribution in [0.2, 0.25) is 0 Å². The maximum absolute atomic E-state index is 9.00. The molecule has 0 fully saturated rings. The lowest BCUT2D eigenvalue weighted by Crippen LogP contribution is -2.08. The van der Waals surface area contributed by atoms with Crippen molar-refractivity contribution in [2.45, 2.75) is 33.3 Å². The number of aliphatic hydroxyl groups excluding tert-OH is 1. The summed E-state index contributed by atoms with van der Waals surface area (Å²) in [7, 11) is 0. The number of anilines is 1. The molecular weight excluding hydrogens is 250 g/mol. The zero-order valence-corrected chi connectivity index (χ0v) is 12.1. The molecule has 0 saturated carbocycles. The number of aryl methyl sites for hydroxylation is 2. The van der Waals surface area contributed by atoms with Crippen LogP contribution in [0, 0.1) is 6.92 Å². The fraction of sp³-hybridized carbons (Fsp3) is 0.375. The molecule has 0 amide bonds. The van der Waals surface area contributed by atoms with Crippen LogP contribution in [0.15, 0.2) is 30.3 Å². The third-order valence-electron chi connectivity index (χ3n) is 3.18. The molecule has 4 heteroatoms. The SMILES string of the molecule is CCc1cc(NCCc2ccc(CO)cc2)nc(C)n1. The van der Waals surface area contributed by atoms with E-state index in [0.29, 0.717) is 0 Å². The first-order valence-electron chi connectivity index (χ1n) is 6.98. The Labute approximate surface area is 119 Å². The highest BCUT2D eigenvalue weighted by atomic mass is 16.3. The number of nitrogens with one attached hydrogen (secondary N) is 1. The third kappa shape index (κ3) is 4.03. The molecule has 1 heterocycles. The lowest BCUT2D eigenvalue weighted by Gasteiger charge is -2.08. The Morgan fingerprint density at radius 2 is 1.80 bits per heavy atom. The number of benzene rings is 1. The molecule has 1 aromatic heterocycles. The van der Waals surface area contributed by atoms with Crippen LogP contribution in [-0.2, 0) is 19.4 Å². The summed E-state index contributed by atoms with van der Waals surface area (Å²) in [5.74, 6) is 1.69. The van der Waals surface area contributed by atoms with Crippen molar-refractivity contribution in [3.63, 3.8) is 0 Å². The summed E-state index contributed by atoms with van der Waals surface area (Å²) in [5, 5.41) is 12.3. The maximum atomic E-state index is 9.00. The predicted octanol–water partition coefficient (Wildman–Crippen LogP) is 2.49. The quantitative estimate of drug-likeness (QED) is 0.847. The molecule has 0 unspecified atom stereocenters. The first-order valence-corrected chi connectivity index (χ1v) is 6.98. The molecule has 0 radical (unpaired) electrons.